The van der Waals surface area contributed by atoms with Gasteiger partial charge < -0.3 is 9.84 Å². The van der Waals surface area contributed by atoms with E-state index in [1.807, 2.05) is 45.0 Å². The molecule has 1 rings (SSSR count). The van der Waals surface area contributed by atoms with E-state index in [2.05, 4.69) is 20.8 Å². The SMILES string of the molecule is CC(C)(C)C(=O)CO[C@H](O)c1ccc(C(C)(C)C)cc1. The standard InChI is InChI=1S/C17H26O3/c1-16(2,3)13-9-7-12(8-10-13)15(19)20-11-14(18)17(4,5)6/h7-10,15,19H,11H2,1-6H3/t15-/m0/s1. The van der Waals surface area contributed by atoms with Crippen LogP contribution in [0.25, 0.3) is 0 Å². The molecule has 3 heteroatoms. The van der Waals surface area contributed by atoms with E-state index in [9.17, 15) is 9.90 Å². The molecule has 0 aliphatic carbocycles. The zero-order valence-corrected chi connectivity index (χ0v) is 13.4. The normalized spacial score (nSPS) is 14.2. The Morgan fingerprint density at radius 2 is 1.60 bits per heavy atom. The van der Waals surface area contributed by atoms with Crippen LogP contribution >= 0.6 is 0 Å². The third-order valence-electron chi connectivity index (χ3n) is 3.27. The minimum atomic E-state index is -1.06. The molecule has 3 nitrogen and oxygen atoms in total. The van der Waals surface area contributed by atoms with Gasteiger partial charge in [-0.05, 0) is 11.0 Å². The summed E-state index contributed by atoms with van der Waals surface area (Å²) in [5.74, 6) is -0.0251. The highest BCUT2D eigenvalue weighted by atomic mass is 16.6. The van der Waals surface area contributed by atoms with E-state index in [0.29, 0.717) is 5.56 Å². The summed E-state index contributed by atoms with van der Waals surface area (Å²) in [6.45, 7) is 11.8. The van der Waals surface area contributed by atoms with Crippen molar-refractivity contribution in [3.63, 3.8) is 0 Å². The number of rotatable bonds is 4. The van der Waals surface area contributed by atoms with E-state index in [4.69, 9.17) is 4.74 Å². The fraction of sp³-hybridized carbons (Fsp3) is 0.588. The molecule has 0 aliphatic heterocycles. The summed E-state index contributed by atoms with van der Waals surface area (Å²) in [6.07, 6.45) is -1.06. The number of hydrogen-bond donors (Lipinski definition) is 1. The van der Waals surface area contributed by atoms with Crippen LogP contribution in [0.4, 0.5) is 0 Å². The largest absolute Gasteiger partial charge is 0.364 e. The van der Waals surface area contributed by atoms with Crippen molar-refractivity contribution in [1.82, 2.24) is 0 Å². The summed E-state index contributed by atoms with van der Waals surface area (Å²) < 4.78 is 5.25. The molecule has 20 heavy (non-hydrogen) atoms. The molecule has 0 aromatic heterocycles. The molecule has 0 saturated carbocycles. The number of aliphatic hydroxyl groups is 1. The molecule has 0 saturated heterocycles. The van der Waals surface area contributed by atoms with Crippen LogP contribution in [0.2, 0.25) is 0 Å². The first-order chi connectivity index (χ1) is 9.01. The monoisotopic (exact) mass is 278 g/mol. The van der Waals surface area contributed by atoms with Crippen molar-refractivity contribution in [3.05, 3.63) is 35.4 Å². The first-order valence-electron chi connectivity index (χ1n) is 6.95. The zero-order chi connectivity index (χ0) is 15.6. The van der Waals surface area contributed by atoms with Gasteiger partial charge in [-0.25, -0.2) is 0 Å². The second kappa shape index (κ2) is 6.06. The van der Waals surface area contributed by atoms with Crippen molar-refractivity contribution in [2.75, 3.05) is 6.61 Å². The predicted octanol–water partition coefficient (Wildman–Crippen LogP) is 3.61. The van der Waals surface area contributed by atoms with Gasteiger partial charge in [-0.1, -0.05) is 65.8 Å². The molecule has 1 atom stereocenters. The lowest BCUT2D eigenvalue weighted by Gasteiger charge is -2.21. The summed E-state index contributed by atoms with van der Waals surface area (Å²) in [7, 11) is 0. The summed E-state index contributed by atoms with van der Waals surface area (Å²) >= 11 is 0. The maximum Gasteiger partial charge on any atom is 0.181 e. The molecule has 0 aliphatic rings. The Hall–Kier alpha value is -1.19. The highest BCUT2D eigenvalue weighted by Gasteiger charge is 2.22. The Morgan fingerprint density at radius 3 is 2.00 bits per heavy atom. The first-order valence-corrected chi connectivity index (χ1v) is 6.95. The van der Waals surface area contributed by atoms with E-state index in [-0.39, 0.29) is 17.8 Å². The summed E-state index contributed by atoms with van der Waals surface area (Å²) in [5.41, 5.74) is 1.49. The van der Waals surface area contributed by atoms with Crippen LogP contribution in [0.15, 0.2) is 24.3 Å². The third-order valence-corrected chi connectivity index (χ3v) is 3.27. The number of ether oxygens (including phenoxy) is 1. The number of Topliss-reactive ketones (excluding diaryl/α,β-unsaturated/α-hetero) is 1. The number of hydrogen-bond acceptors (Lipinski definition) is 3. The topological polar surface area (TPSA) is 46.5 Å². The van der Waals surface area contributed by atoms with Crippen molar-refractivity contribution in [2.45, 2.75) is 53.2 Å². The number of aliphatic hydroxyl groups excluding tert-OH is 1. The number of benzene rings is 1. The van der Waals surface area contributed by atoms with Crippen molar-refractivity contribution < 1.29 is 14.6 Å². The van der Waals surface area contributed by atoms with Gasteiger partial charge in [0.25, 0.3) is 0 Å². The average molecular weight is 278 g/mol. The second-order valence-corrected chi connectivity index (χ2v) is 7.21. The van der Waals surface area contributed by atoms with Gasteiger partial charge in [-0.2, -0.15) is 0 Å². The quantitative estimate of drug-likeness (QED) is 0.856. The second-order valence-electron chi connectivity index (χ2n) is 7.21. The maximum atomic E-state index is 11.7. The lowest BCUT2D eigenvalue weighted by Crippen LogP contribution is -2.25. The molecule has 0 bridgehead atoms. The molecule has 1 aromatic rings. The molecular formula is C17H26O3. The molecule has 0 heterocycles. The van der Waals surface area contributed by atoms with E-state index >= 15 is 0 Å². The molecule has 0 amide bonds. The van der Waals surface area contributed by atoms with Gasteiger partial charge in [-0.3, -0.25) is 4.79 Å². The summed E-state index contributed by atoms with van der Waals surface area (Å²) in [4.78, 5) is 11.7. The molecule has 0 spiro atoms. The van der Waals surface area contributed by atoms with E-state index in [1.165, 1.54) is 5.56 Å². The number of carbonyl (C=O) groups excluding carboxylic acids is 1. The molecular weight excluding hydrogens is 252 g/mol. The van der Waals surface area contributed by atoms with Crippen LogP contribution in [0, 0.1) is 5.41 Å². The van der Waals surface area contributed by atoms with Gasteiger partial charge >= 0.3 is 0 Å². The molecule has 0 unspecified atom stereocenters. The lowest BCUT2D eigenvalue weighted by atomic mass is 9.87. The zero-order valence-electron chi connectivity index (χ0n) is 13.4. The van der Waals surface area contributed by atoms with Crippen LogP contribution in [0.5, 0.6) is 0 Å². The van der Waals surface area contributed by atoms with Crippen molar-refractivity contribution in [2.24, 2.45) is 5.41 Å². The van der Waals surface area contributed by atoms with Gasteiger partial charge in [0.05, 0.1) is 0 Å². The van der Waals surface area contributed by atoms with Gasteiger partial charge in [0, 0.05) is 11.0 Å². The van der Waals surface area contributed by atoms with Crippen LogP contribution < -0.4 is 0 Å². The highest BCUT2D eigenvalue weighted by molar-refractivity contribution is 5.84. The van der Waals surface area contributed by atoms with E-state index < -0.39 is 11.7 Å². The van der Waals surface area contributed by atoms with Crippen molar-refractivity contribution >= 4 is 5.78 Å². The van der Waals surface area contributed by atoms with Crippen molar-refractivity contribution in [3.8, 4) is 0 Å². The first kappa shape index (κ1) is 16.9. The highest BCUT2D eigenvalue weighted by Crippen LogP contribution is 2.24. The fourth-order valence-electron chi connectivity index (χ4n) is 1.62. The Balaban J connectivity index is 2.65. The Labute approximate surface area is 122 Å². The van der Waals surface area contributed by atoms with E-state index in [0.717, 1.165) is 0 Å². The van der Waals surface area contributed by atoms with Gasteiger partial charge in [0.2, 0.25) is 0 Å². The smallest absolute Gasteiger partial charge is 0.181 e. The molecule has 1 N–H and O–H groups in total. The summed E-state index contributed by atoms with van der Waals surface area (Å²) in [6, 6.07) is 7.64. The van der Waals surface area contributed by atoms with E-state index in [1.54, 1.807) is 0 Å². The third kappa shape index (κ3) is 4.73. The molecule has 1 aromatic carbocycles. The number of carbonyl (C=O) groups is 1. The summed E-state index contributed by atoms with van der Waals surface area (Å²) in [5, 5.41) is 9.95. The Bertz CT molecular complexity index is 447. The van der Waals surface area contributed by atoms with Gasteiger partial charge in [0.15, 0.2) is 12.1 Å². The van der Waals surface area contributed by atoms with Gasteiger partial charge in [0.1, 0.15) is 6.61 Å². The Morgan fingerprint density at radius 1 is 1.10 bits per heavy atom. The van der Waals surface area contributed by atoms with Crippen molar-refractivity contribution in [1.29, 1.82) is 0 Å². The van der Waals surface area contributed by atoms with Crippen LogP contribution in [-0.4, -0.2) is 17.5 Å². The molecule has 112 valence electrons. The van der Waals surface area contributed by atoms with Crippen LogP contribution in [0.1, 0.15) is 59.0 Å². The molecule has 0 fully saturated rings. The van der Waals surface area contributed by atoms with Gasteiger partial charge in [-0.15, -0.1) is 0 Å². The lowest BCUT2D eigenvalue weighted by molar-refractivity contribution is -0.147. The minimum absolute atomic E-state index is 0.0251. The average Bonchev–Trinajstić information content (AvgIpc) is 2.33. The van der Waals surface area contributed by atoms with Crippen LogP contribution in [-0.2, 0) is 14.9 Å². The molecule has 0 radical (unpaired) electrons. The number of ketones is 1. The minimum Gasteiger partial charge on any atom is -0.364 e. The van der Waals surface area contributed by atoms with Crippen LogP contribution in [0.3, 0.4) is 0 Å². The Kier molecular flexibility index (Phi) is 5.11. The fourth-order valence-corrected chi connectivity index (χ4v) is 1.62. The predicted molar refractivity (Wildman–Crippen MR) is 80.5 cm³/mol. The maximum absolute atomic E-state index is 11.7.